The maximum Gasteiger partial charge on any atom is 0.318 e. The normalized spacial score (nSPS) is 15.9. The molecule has 0 saturated heterocycles. The van der Waals surface area contributed by atoms with Gasteiger partial charge in [-0.3, -0.25) is 5.10 Å². The molecule has 3 aromatic rings. The second-order valence-corrected chi connectivity index (χ2v) is 6.25. The fraction of sp³-hybridized carbons (Fsp3) is 0.353. The van der Waals surface area contributed by atoms with Crippen LogP contribution in [0.15, 0.2) is 30.5 Å². The van der Waals surface area contributed by atoms with Crippen molar-refractivity contribution in [3.05, 3.63) is 35.5 Å². The lowest BCUT2D eigenvalue weighted by atomic mass is 9.98. The maximum absolute atomic E-state index is 6.26. The van der Waals surface area contributed by atoms with Gasteiger partial charge in [-0.25, -0.2) is 4.98 Å². The third-order valence-electron chi connectivity index (χ3n) is 4.25. The zero-order valence-corrected chi connectivity index (χ0v) is 13.4. The third-order valence-corrected chi connectivity index (χ3v) is 4.58. The van der Waals surface area contributed by atoms with Crippen molar-refractivity contribution in [1.29, 1.82) is 0 Å². The Labute approximate surface area is 139 Å². The number of nitrogens with zero attached hydrogens (tertiary/aromatic N) is 3. The summed E-state index contributed by atoms with van der Waals surface area (Å²) in [4.78, 5) is 8.80. The highest BCUT2D eigenvalue weighted by Gasteiger charge is 2.18. The van der Waals surface area contributed by atoms with Crippen molar-refractivity contribution in [1.82, 2.24) is 20.2 Å². The summed E-state index contributed by atoms with van der Waals surface area (Å²) in [6, 6.07) is 8.03. The average molecular weight is 329 g/mol. The van der Waals surface area contributed by atoms with E-state index in [1.165, 1.54) is 19.3 Å². The molecule has 0 aliphatic heterocycles. The molecule has 0 unspecified atom stereocenters. The van der Waals surface area contributed by atoms with Crippen LogP contribution in [0, 0.1) is 0 Å². The second-order valence-electron chi connectivity index (χ2n) is 5.84. The van der Waals surface area contributed by atoms with Crippen LogP contribution in [0.1, 0.15) is 32.1 Å². The standard InChI is InChI=1S/C17H17ClN4O/c18-14-9-5-4-8-12(14)15-13-10-19-17(20-16(13)22-21-15)23-11-6-2-1-3-7-11/h4-5,8-11H,1-3,6-7H2,(H,19,20,21,22). The van der Waals surface area contributed by atoms with E-state index in [-0.39, 0.29) is 6.10 Å². The van der Waals surface area contributed by atoms with E-state index in [1.54, 1.807) is 6.20 Å². The van der Waals surface area contributed by atoms with E-state index in [9.17, 15) is 0 Å². The number of nitrogens with one attached hydrogen (secondary N) is 1. The Bertz CT molecular complexity index is 826. The smallest absolute Gasteiger partial charge is 0.318 e. The molecule has 1 aliphatic carbocycles. The first-order valence-corrected chi connectivity index (χ1v) is 8.32. The molecule has 5 nitrogen and oxygen atoms in total. The van der Waals surface area contributed by atoms with Gasteiger partial charge in [0.2, 0.25) is 0 Å². The number of fused-ring (bicyclic) bond motifs is 1. The first-order valence-electron chi connectivity index (χ1n) is 7.94. The molecule has 2 heterocycles. The Morgan fingerprint density at radius 1 is 1.13 bits per heavy atom. The Morgan fingerprint density at radius 2 is 1.96 bits per heavy atom. The Morgan fingerprint density at radius 3 is 2.78 bits per heavy atom. The highest BCUT2D eigenvalue weighted by atomic mass is 35.5. The lowest BCUT2D eigenvalue weighted by molar-refractivity contribution is 0.142. The van der Waals surface area contributed by atoms with Gasteiger partial charge in [-0.2, -0.15) is 10.1 Å². The summed E-state index contributed by atoms with van der Waals surface area (Å²) in [5.41, 5.74) is 2.29. The summed E-state index contributed by atoms with van der Waals surface area (Å²) >= 11 is 6.26. The zero-order chi connectivity index (χ0) is 15.6. The van der Waals surface area contributed by atoms with Gasteiger partial charge in [0.1, 0.15) is 11.8 Å². The number of aromatic amines is 1. The Hall–Kier alpha value is -2.14. The molecule has 6 heteroatoms. The van der Waals surface area contributed by atoms with Crippen LogP contribution in [0.4, 0.5) is 0 Å². The van der Waals surface area contributed by atoms with Crippen LogP contribution in [0.5, 0.6) is 6.01 Å². The summed E-state index contributed by atoms with van der Waals surface area (Å²) in [7, 11) is 0. The molecule has 1 N–H and O–H groups in total. The largest absolute Gasteiger partial charge is 0.460 e. The Balaban J connectivity index is 1.65. The molecule has 0 bridgehead atoms. The minimum atomic E-state index is 0.229. The summed E-state index contributed by atoms with van der Waals surface area (Å²) in [5, 5.41) is 8.80. The molecule has 23 heavy (non-hydrogen) atoms. The molecule has 0 radical (unpaired) electrons. The number of hydrogen-bond donors (Lipinski definition) is 1. The quantitative estimate of drug-likeness (QED) is 0.774. The predicted octanol–water partition coefficient (Wildman–Crippen LogP) is 4.38. The van der Waals surface area contributed by atoms with Gasteiger partial charge in [-0.1, -0.05) is 36.2 Å². The lowest BCUT2D eigenvalue weighted by Gasteiger charge is -2.21. The van der Waals surface area contributed by atoms with Crippen molar-refractivity contribution in [3.8, 4) is 17.3 Å². The number of benzene rings is 1. The minimum absolute atomic E-state index is 0.229. The maximum atomic E-state index is 6.26. The van der Waals surface area contributed by atoms with E-state index in [1.807, 2.05) is 24.3 Å². The van der Waals surface area contributed by atoms with Crippen molar-refractivity contribution < 1.29 is 4.74 Å². The number of hydrogen-bond acceptors (Lipinski definition) is 4. The number of H-pyrrole nitrogens is 1. The van der Waals surface area contributed by atoms with Crippen LogP contribution in [-0.4, -0.2) is 26.3 Å². The summed E-state index contributed by atoms with van der Waals surface area (Å²) in [6.45, 7) is 0. The molecule has 2 aromatic heterocycles. The van der Waals surface area contributed by atoms with Gasteiger partial charge < -0.3 is 4.74 Å². The van der Waals surface area contributed by atoms with Crippen LogP contribution in [0.3, 0.4) is 0 Å². The molecule has 4 rings (SSSR count). The monoisotopic (exact) mass is 328 g/mol. The fourth-order valence-corrected chi connectivity index (χ4v) is 3.27. The van der Waals surface area contributed by atoms with E-state index in [2.05, 4.69) is 20.2 Å². The van der Waals surface area contributed by atoms with Crippen molar-refractivity contribution in [2.75, 3.05) is 0 Å². The minimum Gasteiger partial charge on any atom is -0.460 e. The third kappa shape index (κ3) is 2.88. The SMILES string of the molecule is Clc1ccccc1-c1n[nH]c2nc(OC3CCCCC3)ncc12. The van der Waals surface area contributed by atoms with Crippen molar-refractivity contribution >= 4 is 22.6 Å². The Kier molecular flexibility index (Phi) is 3.87. The average Bonchev–Trinajstić information content (AvgIpc) is 2.99. The number of rotatable bonds is 3. The predicted molar refractivity (Wildman–Crippen MR) is 89.6 cm³/mol. The van der Waals surface area contributed by atoms with E-state index in [0.717, 1.165) is 29.5 Å². The molecule has 1 saturated carbocycles. The topological polar surface area (TPSA) is 63.7 Å². The van der Waals surface area contributed by atoms with Crippen molar-refractivity contribution in [2.24, 2.45) is 0 Å². The van der Waals surface area contributed by atoms with Gasteiger partial charge in [0, 0.05) is 11.8 Å². The van der Waals surface area contributed by atoms with Crippen LogP contribution in [0.2, 0.25) is 5.02 Å². The molecule has 0 spiro atoms. The highest BCUT2D eigenvalue weighted by molar-refractivity contribution is 6.33. The molecule has 0 atom stereocenters. The first-order chi connectivity index (χ1) is 11.3. The molecule has 1 fully saturated rings. The number of aromatic nitrogens is 4. The van der Waals surface area contributed by atoms with Crippen LogP contribution in [-0.2, 0) is 0 Å². The van der Waals surface area contributed by atoms with Gasteiger partial charge in [0.05, 0.1) is 10.4 Å². The van der Waals surface area contributed by atoms with Gasteiger partial charge in [-0.15, -0.1) is 0 Å². The van der Waals surface area contributed by atoms with Crippen molar-refractivity contribution in [2.45, 2.75) is 38.2 Å². The first kappa shape index (κ1) is 14.5. The lowest BCUT2D eigenvalue weighted by Crippen LogP contribution is -2.20. The van der Waals surface area contributed by atoms with Crippen molar-refractivity contribution in [3.63, 3.8) is 0 Å². The fourth-order valence-electron chi connectivity index (χ4n) is 3.04. The molecule has 118 valence electrons. The van der Waals surface area contributed by atoms with E-state index < -0.39 is 0 Å². The summed E-state index contributed by atoms with van der Waals surface area (Å²) in [6.07, 6.45) is 7.86. The highest BCUT2D eigenvalue weighted by Crippen LogP contribution is 2.31. The molecular formula is C17H17ClN4O. The molecule has 1 aromatic carbocycles. The van der Waals surface area contributed by atoms with Crippen LogP contribution >= 0.6 is 11.6 Å². The summed E-state index contributed by atoms with van der Waals surface area (Å²) in [5.74, 6) is 0. The zero-order valence-electron chi connectivity index (χ0n) is 12.6. The van der Waals surface area contributed by atoms with Gasteiger partial charge >= 0.3 is 6.01 Å². The van der Waals surface area contributed by atoms with Crippen LogP contribution in [0.25, 0.3) is 22.3 Å². The van der Waals surface area contributed by atoms with Gasteiger partial charge in [-0.05, 0) is 31.7 Å². The van der Waals surface area contributed by atoms with Crippen LogP contribution < -0.4 is 4.74 Å². The molecule has 0 amide bonds. The van der Waals surface area contributed by atoms with Gasteiger partial charge in [0.25, 0.3) is 0 Å². The van der Waals surface area contributed by atoms with E-state index in [4.69, 9.17) is 16.3 Å². The van der Waals surface area contributed by atoms with E-state index in [0.29, 0.717) is 16.7 Å². The second kappa shape index (κ2) is 6.16. The summed E-state index contributed by atoms with van der Waals surface area (Å²) < 4.78 is 5.91. The van der Waals surface area contributed by atoms with Gasteiger partial charge in [0.15, 0.2) is 5.65 Å². The number of ether oxygens (including phenoxy) is 1. The molecule has 1 aliphatic rings. The number of halogens is 1. The van der Waals surface area contributed by atoms with E-state index >= 15 is 0 Å². The molecular weight excluding hydrogens is 312 g/mol.